The van der Waals surface area contributed by atoms with E-state index in [1.165, 1.54) is 15.6 Å². The molecule has 0 spiro atoms. The maximum atomic E-state index is 3.26. The van der Waals surface area contributed by atoms with E-state index in [1.54, 1.807) is 11.3 Å². The SMILES string of the molecule is CN[C@@H](C)Cc1ccc2sccc2c1. The van der Waals surface area contributed by atoms with E-state index in [1.807, 2.05) is 7.05 Å². The van der Waals surface area contributed by atoms with Gasteiger partial charge in [-0.15, -0.1) is 11.3 Å². The van der Waals surface area contributed by atoms with Crippen molar-refractivity contribution in [2.75, 3.05) is 7.05 Å². The fourth-order valence-electron chi connectivity index (χ4n) is 1.60. The van der Waals surface area contributed by atoms with Gasteiger partial charge in [-0.1, -0.05) is 12.1 Å². The highest BCUT2D eigenvalue weighted by molar-refractivity contribution is 7.17. The maximum Gasteiger partial charge on any atom is 0.0342 e. The summed E-state index contributed by atoms with van der Waals surface area (Å²) in [5.74, 6) is 0. The van der Waals surface area contributed by atoms with Gasteiger partial charge >= 0.3 is 0 Å². The third-order valence-electron chi connectivity index (χ3n) is 2.55. The van der Waals surface area contributed by atoms with E-state index in [2.05, 4.69) is 41.9 Å². The van der Waals surface area contributed by atoms with E-state index < -0.39 is 0 Å². The topological polar surface area (TPSA) is 12.0 Å². The molecule has 0 unspecified atom stereocenters. The first-order valence-corrected chi connectivity index (χ1v) is 5.81. The minimum absolute atomic E-state index is 0.547. The number of thiophene rings is 1. The largest absolute Gasteiger partial charge is 0.317 e. The van der Waals surface area contributed by atoms with E-state index in [9.17, 15) is 0 Å². The van der Waals surface area contributed by atoms with Gasteiger partial charge in [-0.05, 0) is 48.9 Å². The third-order valence-corrected chi connectivity index (χ3v) is 3.45. The van der Waals surface area contributed by atoms with Gasteiger partial charge in [0.15, 0.2) is 0 Å². The van der Waals surface area contributed by atoms with Gasteiger partial charge in [-0.2, -0.15) is 0 Å². The van der Waals surface area contributed by atoms with Crippen LogP contribution in [0.4, 0.5) is 0 Å². The monoisotopic (exact) mass is 205 g/mol. The number of hydrogen-bond donors (Lipinski definition) is 1. The van der Waals surface area contributed by atoms with Crippen LogP contribution in [0.1, 0.15) is 12.5 Å². The molecule has 0 fully saturated rings. The molecule has 0 saturated heterocycles. The van der Waals surface area contributed by atoms with Crippen molar-refractivity contribution >= 4 is 21.4 Å². The smallest absolute Gasteiger partial charge is 0.0342 e. The third kappa shape index (κ3) is 1.97. The summed E-state index contributed by atoms with van der Waals surface area (Å²) in [7, 11) is 2.01. The Kier molecular flexibility index (Phi) is 2.85. The highest BCUT2D eigenvalue weighted by Crippen LogP contribution is 2.22. The number of rotatable bonds is 3. The molecular formula is C12H15NS. The first kappa shape index (κ1) is 9.69. The molecule has 1 aromatic carbocycles. The summed E-state index contributed by atoms with van der Waals surface area (Å²) < 4.78 is 1.38. The molecular weight excluding hydrogens is 190 g/mol. The van der Waals surface area contributed by atoms with Crippen LogP contribution in [0.2, 0.25) is 0 Å². The van der Waals surface area contributed by atoms with Crippen LogP contribution in [0.25, 0.3) is 10.1 Å². The molecule has 2 rings (SSSR count). The van der Waals surface area contributed by atoms with E-state index in [0.29, 0.717) is 6.04 Å². The van der Waals surface area contributed by atoms with Gasteiger partial charge < -0.3 is 5.32 Å². The second-order valence-corrected chi connectivity index (χ2v) is 4.63. The molecule has 0 bridgehead atoms. The van der Waals surface area contributed by atoms with Crippen molar-refractivity contribution in [3.8, 4) is 0 Å². The van der Waals surface area contributed by atoms with Crippen LogP contribution in [-0.4, -0.2) is 13.1 Å². The Labute approximate surface area is 88.8 Å². The molecule has 1 atom stereocenters. The molecule has 1 heterocycles. The minimum atomic E-state index is 0.547. The normalized spacial score (nSPS) is 13.3. The number of nitrogens with one attached hydrogen (secondary N) is 1. The van der Waals surface area contributed by atoms with Crippen LogP contribution >= 0.6 is 11.3 Å². The van der Waals surface area contributed by atoms with Crippen LogP contribution in [0, 0.1) is 0 Å². The Morgan fingerprint density at radius 1 is 1.36 bits per heavy atom. The first-order chi connectivity index (χ1) is 6.79. The molecule has 0 aliphatic heterocycles. The van der Waals surface area contributed by atoms with Gasteiger partial charge in [-0.3, -0.25) is 0 Å². The van der Waals surface area contributed by atoms with Crippen molar-refractivity contribution in [2.24, 2.45) is 0 Å². The van der Waals surface area contributed by atoms with Crippen LogP contribution in [0.5, 0.6) is 0 Å². The van der Waals surface area contributed by atoms with E-state index in [4.69, 9.17) is 0 Å². The summed E-state index contributed by atoms with van der Waals surface area (Å²) in [5.41, 5.74) is 1.41. The molecule has 2 aromatic rings. The Bertz CT molecular complexity index is 419. The first-order valence-electron chi connectivity index (χ1n) is 4.93. The predicted molar refractivity (Wildman–Crippen MR) is 64.1 cm³/mol. The van der Waals surface area contributed by atoms with Gasteiger partial charge in [-0.25, -0.2) is 0 Å². The summed E-state index contributed by atoms with van der Waals surface area (Å²) >= 11 is 1.81. The van der Waals surface area contributed by atoms with Gasteiger partial charge in [0.05, 0.1) is 0 Å². The summed E-state index contributed by atoms with van der Waals surface area (Å²) in [6.45, 7) is 2.21. The fraction of sp³-hybridized carbons (Fsp3) is 0.333. The summed E-state index contributed by atoms with van der Waals surface area (Å²) in [4.78, 5) is 0. The van der Waals surface area contributed by atoms with Crippen LogP contribution in [0.3, 0.4) is 0 Å². The molecule has 1 aromatic heterocycles. The summed E-state index contributed by atoms with van der Waals surface area (Å²) in [6, 6.07) is 9.48. The molecule has 0 aliphatic rings. The van der Waals surface area contributed by atoms with E-state index >= 15 is 0 Å². The van der Waals surface area contributed by atoms with Crippen molar-refractivity contribution in [1.82, 2.24) is 5.32 Å². The molecule has 0 amide bonds. The Balaban J connectivity index is 2.25. The lowest BCUT2D eigenvalue weighted by atomic mass is 10.1. The molecule has 74 valence electrons. The van der Waals surface area contributed by atoms with Gasteiger partial charge in [0.25, 0.3) is 0 Å². The lowest BCUT2D eigenvalue weighted by Gasteiger charge is -2.09. The van der Waals surface area contributed by atoms with Crippen molar-refractivity contribution in [3.63, 3.8) is 0 Å². The van der Waals surface area contributed by atoms with Gasteiger partial charge in [0.1, 0.15) is 0 Å². The fourth-order valence-corrected chi connectivity index (χ4v) is 2.37. The lowest BCUT2D eigenvalue weighted by Crippen LogP contribution is -2.23. The number of benzene rings is 1. The second kappa shape index (κ2) is 4.11. The van der Waals surface area contributed by atoms with E-state index in [0.717, 1.165) is 6.42 Å². The number of likely N-dealkylation sites (N-methyl/N-ethyl adjacent to an activating group) is 1. The Hall–Kier alpha value is -0.860. The number of fused-ring (bicyclic) bond motifs is 1. The van der Waals surface area contributed by atoms with Crippen molar-refractivity contribution in [3.05, 3.63) is 35.2 Å². The standard InChI is InChI=1S/C12H15NS/c1-9(13-2)7-10-3-4-12-11(8-10)5-6-14-12/h3-6,8-9,13H,7H2,1-2H3/t9-/m0/s1. The zero-order chi connectivity index (χ0) is 9.97. The maximum absolute atomic E-state index is 3.26. The zero-order valence-electron chi connectivity index (χ0n) is 8.58. The van der Waals surface area contributed by atoms with Crippen LogP contribution < -0.4 is 5.32 Å². The van der Waals surface area contributed by atoms with Gasteiger partial charge in [0.2, 0.25) is 0 Å². The number of hydrogen-bond acceptors (Lipinski definition) is 2. The van der Waals surface area contributed by atoms with Crippen molar-refractivity contribution in [1.29, 1.82) is 0 Å². The van der Waals surface area contributed by atoms with Crippen LogP contribution in [-0.2, 0) is 6.42 Å². The average Bonchev–Trinajstić information content (AvgIpc) is 2.64. The molecule has 1 N–H and O–H groups in total. The lowest BCUT2D eigenvalue weighted by molar-refractivity contribution is 0.609. The highest BCUT2D eigenvalue weighted by atomic mass is 32.1. The Morgan fingerprint density at radius 2 is 2.21 bits per heavy atom. The Morgan fingerprint density at radius 3 is 3.00 bits per heavy atom. The highest BCUT2D eigenvalue weighted by Gasteiger charge is 2.01. The van der Waals surface area contributed by atoms with Crippen LogP contribution in [0.15, 0.2) is 29.6 Å². The zero-order valence-corrected chi connectivity index (χ0v) is 9.40. The molecule has 0 radical (unpaired) electrons. The summed E-state index contributed by atoms with van der Waals surface area (Å²) in [5, 5.41) is 6.78. The minimum Gasteiger partial charge on any atom is -0.317 e. The quantitative estimate of drug-likeness (QED) is 0.812. The average molecular weight is 205 g/mol. The molecule has 1 nitrogen and oxygen atoms in total. The van der Waals surface area contributed by atoms with E-state index in [-0.39, 0.29) is 0 Å². The molecule has 14 heavy (non-hydrogen) atoms. The summed E-state index contributed by atoms with van der Waals surface area (Å²) in [6.07, 6.45) is 1.10. The predicted octanol–water partition coefficient (Wildman–Crippen LogP) is 3.05. The molecule has 0 aliphatic carbocycles. The second-order valence-electron chi connectivity index (χ2n) is 3.69. The van der Waals surface area contributed by atoms with Crippen molar-refractivity contribution in [2.45, 2.75) is 19.4 Å². The molecule has 0 saturated carbocycles. The van der Waals surface area contributed by atoms with Crippen molar-refractivity contribution < 1.29 is 0 Å². The molecule has 2 heteroatoms. The van der Waals surface area contributed by atoms with Gasteiger partial charge in [0, 0.05) is 10.7 Å².